The number of benzene rings is 2. The number of nitrogens with zero attached hydrogens (tertiary/aromatic N) is 2. The molecule has 1 aromatic heterocycles. The average molecular weight is 576 g/mol. The van der Waals surface area contributed by atoms with Gasteiger partial charge in [0.2, 0.25) is 5.91 Å². The SMILES string of the molecule is CC(C)Nc1cc([N-]c2ccc(Oc3ccnc(NC(=O)C4CC4)c3)c(F)c2)cc(C(F)(F)F)c1.[Y]. The fourth-order valence-electron chi connectivity index (χ4n) is 3.29. The number of hydrogen-bond acceptors (Lipinski definition) is 4. The van der Waals surface area contributed by atoms with E-state index in [-0.39, 0.29) is 79.1 Å². The predicted molar refractivity (Wildman–Crippen MR) is 125 cm³/mol. The van der Waals surface area contributed by atoms with Gasteiger partial charge in [-0.05, 0) is 51.0 Å². The van der Waals surface area contributed by atoms with Gasteiger partial charge in [0.15, 0.2) is 11.6 Å². The number of nitrogens with one attached hydrogen (secondary N) is 2. The van der Waals surface area contributed by atoms with Crippen molar-refractivity contribution in [1.29, 1.82) is 0 Å². The van der Waals surface area contributed by atoms with Crippen molar-refractivity contribution < 1.29 is 59.8 Å². The molecule has 6 nitrogen and oxygen atoms in total. The van der Waals surface area contributed by atoms with Crippen molar-refractivity contribution in [3.63, 3.8) is 0 Å². The monoisotopic (exact) mass is 576 g/mol. The van der Waals surface area contributed by atoms with E-state index in [1.54, 1.807) is 13.8 Å². The molecule has 0 saturated heterocycles. The number of carbonyl (C=O) groups is 1. The summed E-state index contributed by atoms with van der Waals surface area (Å²) in [5.41, 5.74) is -0.445. The van der Waals surface area contributed by atoms with E-state index in [1.165, 1.54) is 36.5 Å². The zero-order valence-electron chi connectivity index (χ0n) is 19.6. The molecule has 1 fully saturated rings. The zero-order chi connectivity index (χ0) is 25.2. The maximum Gasteiger partial charge on any atom is 0.416 e. The minimum Gasteiger partial charge on any atom is -0.658 e. The number of amides is 1. The van der Waals surface area contributed by atoms with Crippen molar-refractivity contribution in [3.8, 4) is 11.5 Å². The molecular formula is C25H23F4N4O2Y-. The molecule has 1 heterocycles. The van der Waals surface area contributed by atoms with Crippen molar-refractivity contribution in [1.82, 2.24) is 4.98 Å². The molecule has 0 bridgehead atoms. The van der Waals surface area contributed by atoms with Crippen molar-refractivity contribution in [2.75, 3.05) is 10.6 Å². The predicted octanol–water partition coefficient (Wildman–Crippen LogP) is 7.54. The van der Waals surface area contributed by atoms with Crippen LogP contribution in [0.4, 0.5) is 40.4 Å². The van der Waals surface area contributed by atoms with Crippen LogP contribution in [0.25, 0.3) is 5.32 Å². The molecule has 1 radical (unpaired) electrons. The quantitative estimate of drug-likeness (QED) is 0.272. The van der Waals surface area contributed by atoms with Crippen LogP contribution < -0.4 is 15.4 Å². The Hall–Kier alpha value is -2.72. The maximum absolute atomic E-state index is 14.7. The number of anilines is 2. The second-order valence-electron chi connectivity index (χ2n) is 8.53. The summed E-state index contributed by atoms with van der Waals surface area (Å²) in [6.45, 7) is 3.61. The first-order valence-corrected chi connectivity index (χ1v) is 11.0. The Kier molecular flexibility index (Phi) is 8.95. The van der Waals surface area contributed by atoms with Crippen molar-refractivity contribution in [2.24, 2.45) is 5.92 Å². The van der Waals surface area contributed by atoms with Gasteiger partial charge in [-0.3, -0.25) is 4.79 Å². The summed E-state index contributed by atoms with van der Waals surface area (Å²) in [5, 5.41) is 9.79. The van der Waals surface area contributed by atoms with Gasteiger partial charge in [0.25, 0.3) is 0 Å². The number of alkyl halides is 3. The second kappa shape index (κ2) is 11.6. The van der Waals surface area contributed by atoms with E-state index in [0.717, 1.165) is 31.0 Å². The van der Waals surface area contributed by atoms with Gasteiger partial charge in [-0.25, -0.2) is 9.37 Å². The summed E-state index contributed by atoms with van der Waals surface area (Å²) in [7, 11) is 0. The smallest absolute Gasteiger partial charge is 0.416 e. The molecule has 2 N–H and O–H groups in total. The van der Waals surface area contributed by atoms with Gasteiger partial charge in [-0.15, -0.1) is 11.4 Å². The van der Waals surface area contributed by atoms with Gasteiger partial charge in [-0.2, -0.15) is 13.2 Å². The molecule has 11 heteroatoms. The molecule has 0 unspecified atom stereocenters. The first-order chi connectivity index (χ1) is 16.6. The minimum atomic E-state index is -4.55. The van der Waals surface area contributed by atoms with E-state index >= 15 is 0 Å². The van der Waals surface area contributed by atoms with Gasteiger partial charge in [0.05, 0.1) is 5.56 Å². The van der Waals surface area contributed by atoms with Gasteiger partial charge < -0.3 is 20.7 Å². The number of rotatable bonds is 8. The molecule has 36 heavy (non-hydrogen) atoms. The molecule has 1 amide bonds. The average Bonchev–Trinajstić information content (AvgIpc) is 3.60. The van der Waals surface area contributed by atoms with E-state index in [0.29, 0.717) is 5.82 Å². The van der Waals surface area contributed by atoms with E-state index < -0.39 is 17.6 Å². The van der Waals surface area contributed by atoms with Gasteiger partial charge in [-0.1, -0.05) is 18.2 Å². The van der Waals surface area contributed by atoms with E-state index in [1.807, 2.05) is 0 Å². The van der Waals surface area contributed by atoms with Crippen LogP contribution in [0.3, 0.4) is 0 Å². The first kappa shape index (κ1) is 27.9. The topological polar surface area (TPSA) is 77.3 Å². The Bertz CT molecular complexity index is 1230. The molecule has 4 rings (SSSR count). The minimum absolute atomic E-state index is 0. The third kappa shape index (κ3) is 7.64. The molecular weight excluding hydrogens is 553 g/mol. The Morgan fingerprint density at radius 1 is 1.08 bits per heavy atom. The maximum atomic E-state index is 14.7. The number of hydrogen-bond donors (Lipinski definition) is 2. The third-order valence-corrected chi connectivity index (χ3v) is 5.03. The van der Waals surface area contributed by atoms with Crippen molar-refractivity contribution >= 4 is 28.8 Å². The number of carbonyl (C=O) groups excluding carboxylic acids is 1. The van der Waals surface area contributed by atoms with Crippen LogP contribution in [0.1, 0.15) is 32.3 Å². The summed E-state index contributed by atoms with van der Waals surface area (Å²) in [6, 6.07) is 10.1. The molecule has 2 aromatic carbocycles. The van der Waals surface area contributed by atoms with E-state index in [2.05, 4.69) is 20.9 Å². The van der Waals surface area contributed by atoms with Crippen molar-refractivity contribution in [3.05, 3.63) is 71.4 Å². The van der Waals surface area contributed by atoms with Crippen LogP contribution in [0, 0.1) is 11.7 Å². The molecule has 1 aliphatic rings. The summed E-state index contributed by atoms with van der Waals surface area (Å²) < 4.78 is 60.2. The van der Waals surface area contributed by atoms with E-state index in [4.69, 9.17) is 4.74 Å². The summed E-state index contributed by atoms with van der Waals surface area (Å²) in [6.07, 6.45) is -1.43. The van der Waals surface area contributed by atoms with Crippen LogP contribution in [0.2, 0.25) is 0 Å². The first-order valence-electron chi connectivity index (χ1n) is 11.0. The molecule has 0 spiro atoms. The molecule has 0 aliphatic heterocycles. The third-order valence-electron chi connectivity index (χ3n) is 5.03. The Morgan fingerprint density at radius 2 is 1.83 bits per heavy atom. The van der Waals surface area contributed by atoms with Gasteiger partial charge in [0, 0.05) is 62.6 Å². The molecule has 3 aromatic rings. The van der Waals surface area contributed by atoms with Crippen LogP contribution in [-0.4, -0.2) is 16.9 Å². The summed E-state index contributed by atoms with van der Waals surface area (Å²) in [5.74, 6) is -0.420. The molecule has 0 atom stereocenters. The molecule has 187 valence electrons. The molecule has 1 saturated carbocycles. The summed E-state index contributed by atoms with van der Waals surface area (Å²) >= 11 is 0. The van der Waals surface area contributed by atoms with Crippen LogP contribution >= 0.6 is 0 Å². The molecule has 1 aliphatic carbocycles. The number of halogens is 4. The fraction of sp³-hybridized carbons (Fsp3) is 0.280. The standard InChI is InChI=1S/C25H23F4N4O2.Y/c1-14(2)31-18-9-16(25(27,28)29)10-19(11-18)32-17-5-6-22(21(26)12-17)35-20-7-8-30-23(13-20)33-24(34)15-3-4-15;/h5-15,31H,3-4H2,1-2H3,(H,30,33,34);/q-1;. The van der Waals surface area contributed by atoms with E-state index in [9.17, 15) is 22.4 Å². The number of aromatic nitrogens is 1. The number of pyridine rings is 1. The Morgan fingerprint density at radius 3 is 2.47 bits per heavy atom. The van der Waals surface area contributed by atoms with Crippen molar-refractivity contribution in [2.45, 2.75) is 38.9 Å². The van der Waals surface area contributed by atoms with Crippen LogP contribution in [-0.2, 0) is 43.7 Å². The van der Waals surface area contributed by atoms with Crippen LogP contribution in [0.15, 0.2) is 54.7 Å². The zero-order valence-corrected chi connectivity index (χ0v) is 22.4. The number of ether oxygens (including phenoxy) is 1. The Labute approximate surface area is 231 Å². The fourth-order valence-corrected chi connectivity index (χ4v) is 3.29. The van der Waals surface area contributed by atoms with Gasteiger partial charge >= 0.3 is 6.18 Å². The van der Waals surface area contributed by atoms with Gasteiger partial charge in [0.1, 0.15) is 11.6 Å². The van der Waals surface area contributed by atoms with Crippen LogP contribution in [0.5, 0.6) is 11.5 Å². The summed E-state index contributed by atoms with van der Waals surface area (Å²) in [4.78, 5) is 16.0. The second-order valence-corrected chi connectivity index (χ2v) is 8.53. The Balaban J connectivity index is 0.00000361. The largest absolute Gasteiger partial charge is 0.658 e. The normalized spacial score (nSPS) is 13.1.